The molecule has 1 aliphatic rings. The van der Waals surface area contributed by atoms with E-state index in [4.69, 9.17) is 0 Å². The molecule has 6 heteroatoms. The van der Waals surface area contributed by atoms with E-state index in [1.54, 1.807) is 36.4 Å². The van der Waals surface area contributed by atoms with E-state index in [0.717, 1.165) is 11.7 Å². The molecule has 0 radical (unpaired) electrons. The predicted octanol–water partition coefficient (Wildman–Crippen LogP) is 4.56. The topological polar surface area (TPSA) is 82.9 Å². The molecule has 3 rings (SSSR count). The lowest BCUT2D eigenvalue weighted by Gasteiger charge is -2.18. The highest BCUT2D eigenvalue weighted by atomic mass is 16.1. The smallest absolute Gasteiger partial charge is 0.194 e. The molecule has 0 fully saturated rings. The molecule has 0 aliphatic heterocycles. The van der Waals surface area contributed by atoms with Crippen molar-refractivity contribution in [3.8, 4) is 0 Å². The quantitative estimate of drug-likeness (QED) is 0.493. The van der Waals surface area contributed by atoms with E-state index in [1.165, 1.54) is 0 Å². The number of ketones is 2. The van der Waals surface area contributed by atoms with Crippen molar-refractivity contribution in [2.45, 2.75) is 53.6 Å². The van der Waals surface area contributed by atoms with Crippen molar-refractivity contribution in [1.82, 2.24) is 10.6 Å². The number of nitrogens with zero attached hydrogens (tertiary/aromatic N) is 2. The summed E-state index contributed by atoms with van der Waals surface area (Å²) in [6, 6.07) is 10.8. The average molecular weight is 405 g/mol. The average Bonchev–Trinajstić information content (AvgIpc) is 2.64. The fourth-order valence-electron chi connectivity index (χ4n) is 3.55. The number of carbonyl (C=O) groups is 2. The van der Waals surface area contributed by atoms with Gasteiger partial charge in [0.1, 0.15) is 0 Å². The molecular weight excluding hydrogens is 376 g/mol. The zero-order chi connectivity index (χ0) is 22.0. The van der Waals surface area contributed by atoms with Crippen LogP contribution >= 0.6 is 0 Å². The first kappa shape index (κ1) is 21.4. The highest BCUT2D eigenvalue weighted by Gasteiger charge is 2.30. The Bertz CT molecular complexity index is 979. The molecule has 0 aromatic heterocycles. The van der Waals surface area contributed by atoms with Crippen molar-refractivity contribution >= 4 is 34.6 Å². The third-order valence-corrected chi connectivity index (χ3v) is 4.57. The van der Waals surface area contributed by atoms with Crippen LogP contribution in [0.5, 0.6) is 0 Å². The van der Waals surface area contributed by atoms with Crippen molar-refractivity contribution < 1.29 is 9.59 Å². The predicted molar refractivity (Wildman–Crippen MR) is 122 cm³/mol. The lowest BCUT2D eigenvalue weighted by Crippen LogP contribution is -2.27. The first-order valence-electron chi connectivity index (χ1n) is 10.2. The van der Waals surface area contributed by atoms with Gasteiger partial charge in [0.15, 0.2) is 11.6 Å². The van der Waals surface area contributed by atoms with Gasteiger partial charge in [-0.15, -0.1) is 0 Å². The Morgan fingerprint density at radius 2 is 1.03 bits per heavy atom. The third kappa shape index (κ3) is 4.64. The number of hydrogen-bond acceptors (Lipinski definition) is 4. The molecule has 2 aromatic rings. The molecular formula is C24H28N4O2. The Morgan fingerprint density at radius 3 is 1.37 bits per heavy atom. The van der Waals surface area contributed by atoms with Gasteiger partial charge in [0.2, 0.25) is 0 Å². The van der Waals surface area contributed by atoms with Crippen LogP contribution in [0.4, 0.5) is 11.4 Å². The Morgan fingerprint density at radius 1 is 0.667 bits per heavy atom. The van der Waals surface area contributed by atoms with Crippen LogP contribution in [0.25, 0.3) is 0 Å². The molecule has 2 N–H and O–H groups in total. The van der Waals surface area contributed by atoms with Gasteiger partial charge in [-0.3, -0.25) is 9.59 Å². The van der Waals surface area contributed by atoms with Crippen LogP contribution < -0.4 is 10.6 Å². The van der Waals surface area contributed by atoms with Crippen LogP contribution in [0.1, 0.15) is 73.4 Å². The number of fused-ring (bicyclic) bond motifs is 2. The SMILES string of the molecule is CC(=Nc1ccc2c(c1)C(=O)c1ccc(N=C(C)NC(C)C)cc1C2=O)NC(C)C. The molecule has 0 saturated heterocycles. The molecule has 0 spiro atoms. The maximum absolute atomic E-state index is 13.1. The van der Waals surface area contributed by atoms with Gasteiger partial charge in [0.25, 0.3) is 0 Å². The minimum absolute atomic E-state index is 0.168. The van der Waals surface area contributed by atoms with Crippen LogP contribution in [0.2, 0.25) is 0 Å². The third-order valence-electron chi connectivity index (χ3n) is 4.57. The summed E-state index contributed by atoms with van der Waals surface area (Å²) in [6.07, 6.45) is 0. The Hall–Kier alpha value is -3.28. The van der Waals surface area contributed by atoms with Crippen molar-refractivity contribution in [1.29, 1.82) is 0 Å². The lowest BCUT2D eigenvalue weighted by atomic mass is 9.83. The lowest BCUT2D eigenvalue weighted by molar-refractivity contribution is 0.0979. The number of rotatable bonds is 4. The first-order valence-corrected chi connectivity index (χ1v) is 10.2. The summed E-state index contributed by atoms with van der Waals surface area (Å²) in [7, 11) is 0. The van der Waals surface area contributed by atoms with Gasteiger partial charge >= 0.3 is 0 Å². The number of amidine groups is 2. The summed E-state index contributed by atoms with van der Waals surface area (Å²) in [4.78, 5) is 35.2. The first-order chi connectivity index (χ1) is 14.2. The maximum atomic E-state index is 13.1. The molecule has 1 aliphatic carbocycles. The van der Waals surface area contributed by atoms with Crippen molar-refractivity contribution in [3.63, 3.8) is 0 Å². The second kappa shape index (κ2) is 8.61. The van der Waals surface area contributed by atoms with E-state index in [-0.39, 0.29) is 23.7 Å². The minimum atomic E-state index is -0.168. The maximum Gasteiger partial charge on any atom is 0.194 e. The number of nitrogens with one attached hydrogen (secondary N) is 2. The second-order valence-corrected chi connectivity index (χ2v) is 8.11. The van der Waals surface area contributed by atoms with E-state index >= 15 is 0 Å². The highest BCUT2D eigenvalue weighted by molar-refractivity contribution is 6.28. The summed E-state index contributed by atoms with van der Waals surface area (Å²) in [6.45, 7) is 11.9. The van der Waals surface area contributed by atoms with E-state index in [0.29, 0.717) is 33.6 Å². The second-order valence-electron chi connectivity index (χ2n) is 8.11. The van der Waals surface area contributed by atoms with E-state index < -0.39 is 0 Å². The Kier molecular flexibility index (Phi) is 6.15. The number of carbonyl (C=O) groups excluding carboxylic acids is 2. The Balaban J connectivity index is 1.96. The molecule has 0 amide bonds. The van der Waals surface area contributed by atoms with E-state index in [1.807, 2.05) is 41.5 Å². The van der Waals surface area contributed by atoms with Gasteiger partial charge in [0, 0.05) is 34.3 Å². The summed E-state index contributed by atoms with van der Waals surface area (Å²) >= 11 is 0. The molecule has 0 bridgehead atoms. The number of benzene rings is 2. The summed E-state index contributed by atoms with van der Waals surface area (Å²) in [5, 5.41) is 6.44. The van der Waals surface area contributed by atoms with Gasteiger partial charge in [-0.25, -0.2) is 9.98 Å². The van der Waals surface area contributed by atoms with Gasteiger partial charge < -0.3 is 10.6 Å². The van der Waals surface area contributed by atoms with Crippen LogP contribution in [0.15, 0.2) is 46.4 Å². The molecule has 0 atom stereocenters. The van der Waals surface area contributed by atoms with Gasteiger partial charge in [-0.05, 0) is 77.9 Å². The molecule has 0 unspecified atom stereocenters. The fourth-order valence-corrected chi connectivity index (χ4v) is 3.55. The number of aliphatic imine (C=N–C) groups is 2. The molecule has 0 heterocycles. The number of hydrogen-bond donors (Lipinski definition) is 2. The van der Waals surface area contributed by atoms with E-state index in [2.05, 4.69) is 20.6 Å². The summed E-state index contributed by atoms with van der Waals surface area (Å²) in [5.41, 5.74) is 2.86. The Labute approximate surface area is 177 Å². The van der Waals surface area contributed by atoms with Crippen molar-refractivity contribution in [2.75, 3.05) is 0 Å². The standard InChI is InChI=1S/C24H28N4O2/c1-13(2)25-15(5)27-17-7-9-19-21(11-17)23(29)20-10-8-18(12-22(20)24(19)30)28-16(6)26-14(3)4/h7-14H,1-6H3,(H,25,27)(H,26,28). The molecule has 156 valence electrons. The van der Waals surface area contributed by atoms with Crippen molar-refractivity contribution in [2.24, 2.45) is 9.98 Å². The zero-order valence-electron chi connectivity index (χ0n) is 18.3. The van der Waals surface area contributed by atoms with Crippen LogP contribution in [0.3, 0.4) is 0 Å². The van der Waals surface area contributed by atoms with Crippen LogP contribution in [-0.4, -0.2) is 35.3 Å². The van der Waals surface area contributed by atoms with Crippen LogP contribution in [-0.2, 0) is 0 Å². The van der Waals surface area contributed by atoms with Gasteiger partial charge in [0.05, 0.1) is 23.0 Å². The minimum Gasteiger partial charge on any atom is -0.372 e. The zero-order valence-corrected chi connectivity index (χ0v) is 18.3. The summed E-state index contributed by atoms with van der Waals surface area (Å²) in [5.74, 6) is 1.18. The fraction of sp³-hybridized carbons (Fsp3) is 0.333. The van der Waals surface area contributed by atoms with E-state index in [9.17, 15) is 9.59 Å². The van der Waals surface area contributed by atoms with Gasteiger partial charge in [-0.1, -0.05) is 0 Å². The molecule has 0 saturated carbocycles. The summed E-state index contributed by atoms with van der Waals surface area (Å²) < 4.78 is 0. The van der Waals surface area contributed by atoms with Crippen molar-refractivity contribution in [3.05, 3.63) is 58.7 Å². The van der Waals surface area contributed by atoms with Crippen LogP contribution in [0, 0.1) is 0 Å². The molecule has 6 nitrogen and oxygen atoms in total. The largest absolute Gasteiger partial charge is 0.372 e. The highest BCUT2D eigenvalue weighted by Crippen LogP contribution is 2.32. The molecule has 30 heavy (non-hydrogen) atoms. The monoisotopic (exact) mass is 404 g/mol. The normalized spacial score (nSPS) is 14.1. The molecule has 2 aromatic carbocycles. The van der Waals surface area contributed by atoms with Gasteiger partial charge in [-0.2, -0.15) is 0 Å².